The third kappa shape index (κ3) is 4.96. The van der Waals surface area contributed by atoms with Gasteiger partial charge in [-0.3, -0.25) is 5.10 Å². The lowest BCUT2D eigenvalue weighted by molar-refractivity contribution is -0.0365. The summed E-state index contributed by atoms with van der Waals surface area (Å²) in [6.45, 7) is 2.78. The number of nitrogens with zero attached hydrogens (tertiary/aromatic N) is 4. The highest BCUT2D eigenvalue weighted by Gasteiger charge is 2.23. The van der Waals surface area contributed by atoms with E-state index < -0.39 is 0 Å². The molecule has 3 aromatic heterocycles. The summed E-state index contributed by atoms with van der Waals surface area (Å²) in [7, 11) is 0. The van der Waals surface area contributed by atoms with Crippen molar-refractivity contribution in [3.63, 3.8) is 0 Å². The van der Waals surface area contributed by atoms with E-state index in [1.807, 2.05) is 16.8 Å². The lowest BCUT2D eigenvalue weighted by atomic mass is 10.2. The molecule has 0 spiro atoms. The van der Waals surface area contributed by atoms with Crippen LogP contribution in [0.1, 0.15) is 25.5 Å². The Bertz CT molecular complexity index is 908. The Balaban J connectivity index is 1.45. The Kier molecular flexibility index (Phi) is 7.25. The van der Waals surface area contributed by atoms with E-state index in [4.69, 9.17) is 34.1 Å². The van der Waals surface area contributed by atoms with Gasteiger partial charge in [0.2, 0.25) is 5.88 Å². The van der Waals surface area contributed by atoms with Crippen molar-refractivity contribution in [3.05, 3.63) is 24.5 Å². The molecule has 0 amide bonds. The molecule has 1 aliphatic rings. The van der Waals surface area contributed by atoms with Gasteiger partial charge in [0.1, 0.15) is 17.8 Å². The van der Waals surface area contributed by atoms with Crippen LogP contribution in [0.4, 0.5) is 0 Å². The predicted molar refractivity (Wildman–Crippen MR) is 108 cm³/mol. The van der Waals surface area contributed by atoms with Gasteiger partial charge in [0.05, 0.1) is 44.7 Å². The van der Waals surface area contributed by atoms with E-state index in [9.17, 15) is 0 Å². The molecule has 1 saturated heterocycles. The van der Waals surface area contributed by atoms with Crippen LogP contribution in [0.5, 0.6) is 5.88 Å². The van der Waals surface area contributed by atoms with Gasteiger partial charge in [0.25, 0.3) is 0 Å². The molecule has 1 aliphatic heterocycles. The zero-order valence-electron chi connectivity index (χ0n) is 16.8. The van der Waals surface area contributed by atoms with E-state index in [0.29, 0.717) is 38.9 Å². The number of hydrogen-bond donors (Lipinski definition) is 2. The lowest BCUT2D eigenvalue weighted by Crippen LogP contribution is -2.19. The first-order chi connectivity index (χ1) is 14.9. The molecule has 0 aliphatic carbocycles. The van der Waals surface area contributed by atoms with Crippen LogP contribution in [0.15, 0.2) is 24.5 Å². The second-order valence-electron chi connectivity index (χ2n) is 6.92. The number of ether oxygens (including phenoxy) is 4. The fraction of sp³-hybridized carbons (Fsp3) is 0.550. The number of aliphatic hydroxyl groups is 1. The molecule has 0 saturated carbocycles. The van der Waals surface area contributed by atoms with Gasteiger partial charge in [0.15, 0.2) is 6.23 Å². The van der Waals surface area contributed by atoms with E-state index in [1.165, 1.54) is 0 Å². The molecule has 0 radical (unpaired) electrons. The van der Waals surface area contributed by atoms with Crippen LogP contribution in [-0.4, -0.2) is 76.3 Å². The van der Waals surface area contributed by atoms with Crippen molar-refractivity contribution >= 4 is 11.0 Å². The minimum Gasteiger partial charge on any atom is -0.475 e. The van der Waals surface area contributed by atoms with Crippen molar-refractivity contribution < 1.29 is 24.1 Å². The van der Waals surface area contributed by atoms with Gasteiger partial charge in [0, 0.05) is 24.4 Å². The summed E-state index contributed by atoms with van der Waals surface area (Å²) in [5.41, 5.74) is 3.27. The summed E-state index contributed by atoms with van der Waals surface area (Å²) in [5.74, 6) is 0.511. The quantitative estimate of drug-likeness (QED) is 0.455. The summed E-state index contributed by atoms with van der Waals surface area (Å²) in [6.07, 6.45) is 6.57. The second kappa shape index (κ2) is 10.5. The van der Waals surface area contributed by atoms with Gasteiger partial charge in [-0.05, 0) is 25.3 Å². The van der Waals surface area contributed by atoms with Crippen molar-refractivity contribution in [1.82, 2.24) is 25.0 Å². The van der Waals surface area contributed by atoms with E-state index in [1.54, 1.807) is 12.4 Å². The molecule has 4 rings (SSSR count). The molecular formula is C20H27N5O5. The number of aliphatic hydroxyl groups excluding tert-OH is 1. The van der Waals surface area contributed by atoms with Crippen LogP contribution in [-0.2, 0) is 14.2 Å². The summed E-state index contributed by atoms with van der Waals surface area (Å²) in [4.78, 5) is 4.69. The number of H-pyrrole nitrogens is 1. The Morgan fingerprint density at radius 1 is 1.13 bits per heavy atom. The van der Waals surface area contributed by atoms with Gasteiger partial charge >= 0.3 is 0 Å². The molecule has 2 N–H and O–H groups in total. The molecule has 10 heteroatoms. The number of fused-ring (bicyclic) bond motifs is 1. The van der Waals surface area contributed by atoms with Crippen molar-refractivity contribution in [2.24, 2.45) is 0 Å². The van der Waals surface area contributed by atoms with E-state index in [2.05, 4.69) is 10.2 Å². The molecular weight excluding hydrogens is 390 g/mol. The maximum Gasteiger partial charge on any atom is 0.214 e. The molecule has 4 heterocycles. The summed E-state index contributed by atoms with van der Waals surface area (Å²) in [6, 6.07) is 3.81. The van der Waals surface area contributed by atoms with Crippen LogP contribution in [0.25, 0.3) is 22.3 Å². The Hall–Kier alpha value is -2.53. The SMILES string of the molecule is OCCOCCOCCOc1ccc2c(n1)c(-c1cn[nH]c1)nn2C1CCCCO1. The smallest absolute Gasteiger partial charge is 0.214 e. The monoisotopic (exact) mass is 417 g/mol. The predicted octanol–water partition coefficient (Wildman–Crippen LogP) is 1.92. The zero-order valence-corrected chi connectivity index (χ0v) is 16.8. The highest BCUT2D eigenvalue weighted by Crippen LogP contribution is 2.32. The van der Waals surface area contributed by atoms with Crippen molar-refractivity contribution in [2.75, 3.05) is 46.2 Å². The average molecular weight is 417 g/mol. The minimum absolute atomic E-state index is 0.0154. The molecule has 1 fully saturated rings. The summed E-state index contributed by atoms with van der Waals surface area (Å²) < 4.78 is 24.2. The fourth-order valence-corrected chi connectivity index (χ4v) is 3.39. The standard InChI is InChI=1S/C20H27N5O5/c26-6-8-27-9-10-28-11-12-29-17-5-4-16-20(23-17)19(15-13-21-22-14-15)24-25(16)18-3-1-2-7-30-18/h4-5,13-14,18,26H,1-3,6-12H2,(H,21,22). The number of rotatable bonds is 11. The number of aromatic nitrogens is 5. The highest BCUT2D eigenvalue weighted by molar-refractivity contribution is 5.90. The first-order valence-corrected chi connectivity index (χ1v) is 10.3. The Morgan fingerprint density at radius 2 is 2.00 bits per heavy atom. The van der Waals surface area contributed by atoms with Gasteiger partial charge < -0.3 is 24.1 Å². The lowest BCUT2D eigenvalue weighted by Gasteiger charge is -2.23. The highest BCUT2D eigenvalue weighted by atomic mass is 16.5. The van der Waals surface area contributed by atoms with E-state index in [0.717, 1.165) is 48.2 Å². The number of pyridine rings is 1. The second-order valence-corrected chi connectivity index (χ2v) is 6.92. The number of aromatic amines is 1. The maximum absolute atomic E-state index is 8.65. The largest absolute Gasteiger partial charge is 0.475 e. The normalized spacial score (nSPS) is 16.9. The molecule has 0 bridgehead atoms. The number of nitrogens with one attached hydrogen (secondary N) is 1. The Labute approximate surface area is 174 Å². The molecule has 30 heavy (non-hydrogen) atoms. The van der Waals surface area contributed by atoms with Crippen molar-refractivity contribution in [1.29, 1.82) is 0 Å². The third-order valence-electron chi connectivity index (χ3n) is 4.81. The molecule has 162 valence electrons. The first kappa shape index (κ1) is 20.7. The molecule has 1 atom stereocenters. The molecule has 0 aromatic carbocycles. The Morgan fingerprint density at radius 3 is 2.77 bits per heavy atom. The fourth-order valence-electron chi connectivity index (χ4n) is 3.39. The topological polar surface area (TPSA) is 117 Å². The zero-order chi connectivity index (χ0) is 20.6. The van der Waals surface area contributed by atoms with Crippen LogP contribution in [0, 0.1) is 0 Å². The third-order valence-corrected chi connectivity index (χ3v) is 4.81. The van der Waals surface area contributed by atoms with Gasteiger partial charge in [-0.2, -0.15) is 10.2 Å². The van der Waals surface area contributed by atoms with Crippen molar-refractivity contribution in [2.45, 2.75) is 25.5 Å². The summed E-state index contributed by atoms with van der Waals surface area (Å²) >= 11 is 0. The maximum atomic E-state index is 8.65. The molecule has 1 unspecified atom stereocenters. The average Bonchev–Trinajstić information content (AvgIpc) is 3.44. The van der Waals surface area contributed by atoms with Crippen LogP contribution < -0.4 is 4.74 Å². The van der Waals surface area contributed by atoms with Crippen LogP contribution in [0.3, 0.4) is 0 Å². The van der Waals surface area contributed by atoms with Gasteiger partial charge in [-0.1, -0.05) is 0 Å². The van der Waals surface area contributed by atoms with Gasteiger partial charge in [-0.25, -0.2) is 9.67 Å². The van der Waals surface area contributed by atoms with Crippen molar-refractivity contribution in [3.8, 4) is 17.1 Å². The van der Waals surface area contributed by atoms with Gasteiger partial charge in [-0.15, -0.1) is 0 Å². The van der Waals surface area contributed by atoms with E-state index in [-0.39, 0.29) is 12.8 Å². The van der Waals surface area contributed by atoms with Crippen LogP contribution in [0.2, 0.25) is 0 Å². The van der Waals surface area contributed by atoms with Crippen LogP contribution >= 0.6 is 0 Å². The number of hydrogen-bond acceptors (Lipinski definition) is 8. The molecule has 10 nitrogen and oxygen atoms in total. The van der Waals surface area contributed by atoms with E-state index >= 15 is 0 Å². The minimum atomic E-state index is -0.0862. The molecule has 3 aromatic rings. The first-order valence-electron chi connectivity index (χ1n) is 10.3. The summed E-state index contributed by atoms with van der Waals surface area (Å²) in [5, 5.41) is 20.3.